The van der Waals surface area contributed by atoms with Crippen LogP contribution in [0.25, 0.3) is 65.3 Å². The fraction of sp³-hybridized carbons (Fsp3) is 0.0476. The van der Waals surface area contributed by atoms with Gasteiger partial charge in [-0.25, -0.2) is 0 Å². The number of hydrogen-bond donors (Lipinski definition) is 0. The van der Waals surface area contributed by atoms with E-state index in [1.54, 1.807) is 0 Å². The van der Waals surface area contributed by atoms with Crippen LogP contribution in [0.2, 0.25) is 0 Å². The van der Waals surface area contributed by atoms with Crippen LogP contribution in [0.1, 0.15) is 11.1 Å². The predicted octanol–water partition coefficient (Wildman–Crippen LogP) is 14.4. The molecule has 0 aliphatic carbocycles. The summed E-state index contributed by atoms with van der Waals surface area (Å²) in [6.07, 6.45) is 0. The van der Waals surface area contributed by atoms with Gasteiger partial charge in [-0.15, -0.1) is 69.1 Å². The molecule has 0 bridgehead atoms. The first-order valence-electron chi connectivity index (χ1n) is 15.4. The fourth-order valence-electron chi connectivity index (χ4n) is 6.16. The minimum absolute atomic E-state index is 0.583. The Kier molecular flexibility index (Phi) is 17.1. The van der Waals surface area contributed by atoms with E-state index < -0.39 is 41.7 Å². The van der Waals surface area contributed by atoms with Crippen molar-refractivity contribution < 1.29 is 41.7 Å². The van der Waals surface area contributed by atoms with E-state index in [0.29, 0.717) is 9.52 Å². The van der Waals surface area contributed by atoms with Crippen molar-refractivity contribution in [1.29, 1.82) is 0 Å². The average Bonchev–Trinajstić information content (AvgIpc) is 3.70. The number of fused-ring (bicyclic) bond motifs is 4. The van der Waals surface area contributed by atoms with Crippen molar-refractivity contribution in [3.63, 3.8) is 0 Å². The summed E-state index contributed by atoms with van der Waals surface area (Å²) in [5.41, 5.74) is 7.94. The van der Waals surface area contributed by atoms with Gasteiger partial charge in [-0.1, -0.05) is 122 Å². The van der Waals surface area contributed by atoms with Crippen molar-refractivity contribution in [1.82, 2.24) is 0 Å². The standard InChI is InChI=1S/2C20H15.C2H4Si.4ClH.2Zr/c2*1-14-12-16-8-5-11-19(20(16)13-14)18-10-4-7-15-6-2-3-9-17(15)18;1-3-2;;;;;;/h2*2-13H,1H3;1-2H2;4*1H;;/q2*-1;-2;;;;;2*+4/p-4. The van der Waals surface area contributed by atoms with Gasteiger partial charge in [0.05, 0.1) is 0 Å². The third kappa shape index (κ3) is 10.6. The van der Waals surface area contributed by atoms with Crippen LogP contribution >= 0.6 is 34.1 Å². The van der Waals surface area contributed by atoms with E-state index in [1.165, 1.54) is 76.5 Å². The molecule has 8 aromatic rings. The zero-order valence-corrected chi connectivity index (χ0v) is 36.2. The summed E-state index contributed by atoms with van der Waals surface area (Å²) in [6.45, 7) is 11.1. The van der Waals surface area contributed by atoms with Crippen LogP contribution in [0, 0.1) is 26.9 Å². The van der Waals surface area contributed by atoms with Gasteiger partial charge in [0.1, 0.15) is 0 Å². The molecule has 0 amide bonds. The third-order valence-corrected chi connectivity index (χ3v) is 7.95. The van der Waals surface area contributed by atoms with Gasteiger partial charge in [0.2, 0.25) is 0 Å². The molecule has 242 valence electrons. The van der Waals surface area contributed by atoms with Gasteiger partial charge < -0.3 is 22.6 Å². The SMILES string of the molecule is Cc1cc2c(-c3cccc4ccccc34)cccc2[cH-]1.Cc1cc2c(-c3cccc4ccccc34)cccc2[cH-]1.[CH2-][Si][CH2-].[Cl][Zr+2][Cl].[Cl][Zr+2][Cl]. The zero-order chi connectivity index (χ0) is 35.2. The van der Waals surface area contributed by atoms with Gasteiger partial charge in [0.15, 0.2) is 0 Å². The summed E-state index contributed by atoms with van der Waals surface area (Å²) in [5.74, 6) is 0. The van der Waals surface area contributed by atoms with Crippen molar-refractivity contribution in [3.8, 4) is 22.3 Å². The number of hydrogen-bond acceptors (Lipinski definition) is 0. The summed E-state index contributed by atoms with van der Waals surface area (Å²) in [6, 6.07) is 52.5. The number of aryl methyl sites for hydroxylation is 2. The average molecular weight is 891 g/mol. The molecular formula is C42H34Cl4SiZr2. The van der Waals surface area contributed by atoms with Crippen LogP contribution in [0.4, 0.5) is 0 Å². The van der Waals surface area contributed by atoms with Gasteiger partial charge in [0, 0.05) is 0 Å². The monoisotopic (exact) mass is 886 g/mol. The molecule has 0 unspecified atom stereocenters. The minimum atomic E-state index is -0.826. The molecule has 0 nitrogen and oxygen atoms in total. The van der Waals surface area contributed by atoms with E-state index in [1.807, 2.05) is 0 Å². The first-order valence-corrected chi connectivity index (χ1v) is 29.5. The second-order valence-corrected chi connectivity index (χ2v) is 19.1. The van der Waals surface area contributed by atoms with E-state index in [2.05, 4.69) is 173 Å². The molecule has 49 heavy (non-hydrogen) atoms. The van der Waals surface area contributed by atoms with E-state index in [0.717, 1.165) is 0 Å². The van der Waals surface area contributed by atoms with Crippen molar-refractivity contribution >= 4 is 86.7 Å². The Balaban J connectivity index is 0.000000179. The van der Waals surface area contributed by atoms with Gasteiger partial charge in [-0.3, -0.25) is 0 Å². The van der Waals surface area contributed by atoms with E-state index in [4.69, 9.17) is 34.1 Å². The first kappa shape index (κ1) is 40.0. The van der Waals surface area contributed by atoms with Crippen molar-refractivity contribution in [3.05, 3.63) is 170 Å². The molecule has 0 saturated heterocycles. The Hall–Kier alpha value is -1.80. The molecule has 0 heterocycles. The van der Waals surface area contributed by atoms with Gasteiger partial charge in [-0.05, 0) is 32.7 Å². The number of rotatable bonds is 2. The van der Waals surface area contributed by atoms with Crippen LogP contribution < -0.4 is 0 Å². The normalized spacial score (nSPS) is 9.96. The molecule has 0 fully saturated rings. The molecule has 8 rings (SSSR count). The van der Waals surface area contributed by atoms with Gasteiger partial charge >= 0.3 is 75.7 Å². The van der Waals surface area contributed by atoms with E-state index >= 15 is 0 Å². The first-order chi connectivity index (χ1) is 23.9. The molecule has 0 aromatic heterocycles. The second-order valence-electron chi connectivity index (χ2n) is 11.1. The molecule has 0 atom stereocenters. The quantitative estimate of drug-likeness (QED) is 0.120. The maximum atomic E-state index is 4.93. The summed E-state index contributed by atoms with van der Waals surface area (Å²) < 4.78 is 0. The second kappa shape index (κ2) is 20.9. The maximum absolute atomic E-state index is 4.93. The Morgan fingerprint density at radius 3 is 1.10 bits per heavy atom. The molecule has 0 aliphatic heterocycles. The molecule has 8 aromatic carbocycles. The zero-order valence-electron chi connectivity index (χ0n) is 27.3. The molecular weight excluding hydrogens is 857 g/mol. The molecule has 0 N–H and O–H groups in total. The predicted molar refractivity (Wildman–Crippen MR) is 214 cm³/mol. The van der Waals surface area contributed by atoms with E-state index in [9.17, 15) is 0 Å². The van der Waals surface area contributed by atoms with Crippen LogP contribution in [-0.2, 0) is 41.7 Å². The van der Waals surface area contributed by atoms with E-state index in [-0.39, 0.29) is 0 Å². The van der Waals surface area contributed by atoms with Crippen LogP contribution in [-0.4, -0.2) is 9.52 Å². The molecule has 2 radical (unpaired) electrons. The van der Waals surface area contributed by atoms with Gasteiger partial charge in [-0.2, -0.15) is 12.1 Å². The van der Waals surface area contributed by atoms with Crippen molar-refractivity contribution in [2.45, 2.75) is 13.8 Å². The molecule has 0 aliphatic rings. The van der Waals surface area contributed by atoms with Crippen LogP contribution in [0.3, 0.4) is 0 Å². The number of halogens is 4. The Bertz CT molecular complexity index is 2050. The van der Waals surface area contributed by atoms with Crippen molar-refractivity contribution in [2.75, 3.05) is 0 Å². The molecule has 0 spiro atoms. The molecule has 0 saturated carbocycles. The number of benzene rings is 6. The van der Waals surface area contributed by atoms with Gasteiger partial charge in [0.25, 0.3) is 0 Å². The Morgan fingerprint density at radius 2 is 0.735 bits per heavy atom. The fourth-order valence-corrected chi connectivity index (χ4v) is 6.16. The van der Waals surface area contributed by atoms with Crippen molar-refractivity contribution in [2.24, 2.45) is 0 Å². The summed E-state index contributed by atoms with van der Waals surface area (Å²) in [7, 11) is 20.3. The summed E-state index contributed by atoms with van der Waals surface area (Å²) in [5, 5.41) is 10.6. The summed E-state index contributed by atoms with van der Waals surface area (Å²) >= 11 is -1.65. The topological polar surface area (TPSA) is 0 Å². The summed E-state index contributed by atoms with van der Waals surface area (Å²) in [4.78, 5) is 0. The third-order valence-electron chi connectivity index (χ3n) is 7.95. The molecule has 7 heteroatoms. The Labute approximate surface area is 330 Å². The Morgan fingerprint density at radius 1 is 0.449 bits per heavy atom. The van der Waals surface area contributed by atoms with Crippen LogP contribution in [0.15, 0.2) is 146 Å². The van der Waals surface area contributed by atoms with Crippen LogP contribution in [0.5, 0.6) is 0 Å².